The second kappa shape index (κ2) is 4.73. The number of methoxy groups -OCH3 is 1. The third kappa shape index (κ3) is 1.99. The van der Waals surface area contributed by atoms with Gasteiger partial charge >= 0.3 is 5.97 Å². The topological polar surface area (TPSA) is 69.6 Å². The molecule has 0 aliphatic rings. The molecule has 0 spiro atoms. The van der Waals surface area contributed by atoms with Gasteiger partial charge in [-0.2, -0.15) is 0 Å². The third-order valence-electron chi connectivity index (χ3n) is 2.43. The van der Waals surface area contributed by atoms with Gasteiger partial charge in [-0.15, -0.1) is 0 Å². The Morgan fingerprint density at radius 2 is 2.35 bits per heavy atom. The largest absolute Gasteiger partial charge is 0.464 e. The first-order chi connectivity index (χ1) is 8.19. The quantitative estimate of drug-likeness (QED) is 0.661. The van der Waals surface area contributed by atoms with Gasteiger partial charge in [-0.05, 0) is 18.7 Å². The maximum atomic E-state index is 11.6. The van der Waals surface area contributed by atoms with Crippen LogP contribution in [0.1, 0.15) is 16.3 Å². The van der Waals surface area contributed by atoms with E-state index in [1.807, 2.05) is 0 Å². The number of carbonyl (C=O) groups is 1. The van der Waals surface area contributed by atoms with Crippen molar-refractivity contribution < 1.29 is 9.53 Å². The summed E-state index contributed by atoms with van der Waals surface area (Å²) >= 11 is 6.09. The van der Waals surface area contributed by atoms with Crippen molar-refractivity contribution in [2.75, 3.05) is 13.7 Å². The summed E-state index contributed by atoms with van der Waals surface area (Å²) in [6.07, 6.45) is 0.544. The van der Waals surface area contributed by atoms with Gasteiger partial charge < -0.3 is 10.5 Å². The third-order valence-corrected chi connectivity index (χ3v) is 2.73. The van der Waals surface area contributed by atoms with E-state index in [0.29, 0.717) is 29.5 Å². The number of rotatable bonds is 3. The van der Waals surface area contributed by atoms with Gasteiger partial charge in [0.25, 0.3) is 0 Å². The Morgan fingerprint density at radius 3 is 3.00 bits per heavy atom. The molecule has 2 N–H and O–H groups in total. The average molecular weight is 254 g/mol. The summed E-state index contributed by atoms with van der Waals surface area (Å²) in [7, 11) is 1.32. The van der Waals surface area contributed by atoms with Crippen molar-refractivity contribution in [3.63, 3.8) is 0 Å². The van der Waals surface area contributed by atoms with Crippen LogP contribution < -0.4 is 5.73 Å². The lowest BCUT2D eigenvalue weighted by molar-refractivity contribution is 0.0597. The molecule has 2 heterocycles. The summed E-state index contributed by atoms with van der Waals surface area (Å²) in [5, 5.41) is 0.494. The molecule has 0 saturated heterocycles. The van der Waals surface area contributed by atoms with E-state index < -0.39 is 5.97 Å². The number of halogens is 1. The van der Waals surface area contributed by atoms with Crippen LogP contribution in [0.3, 0.4) is 0 Å². The highest BCUT2D eigenvalue weighted by molar-refractivity contribution is 6.29. The summed E-state index contributed by atoms with van der Waals surface area (Å²) in [5.74, 6) is 0.182. The lowest BCUT2D eigenvalue weighted by Crippen LogP contribution is -2.07. The molecule has 0 aliphatic heterocycles. The highest BCUT2D eigenvalue weighted by atomic mass is 35.5. The maximum Gasteiger partial charge on any atom is 0.358 e. The SMILES string of the molecule is COC(=O)c1nc(CCN)n2c(Cl)cccc12. The summed E-state index contributed by atoms with van der Waals surface area (Å²) in [6.45, 7) is 0.435. The van der Waals surface area contributed by atoms with Crippen molar-refractivity contribution in [3.05, 3.63) is 34.9 Å². The number of fused-ring (bicyclic) bond motifs is 1. The van der Waals surface area contributed by atoms with Crippen LogP contribution >= 0.6 is 11.6 Å². The Morgan fingerprint density at radius 1 is 1.59 bits per heavy atom. The van der Waals surface area contributed by atoms with E-state index in [2.05, 4.69) is 9.72 Å². The fourth-order valence-corrected chi connectivity index (χ4v) is 1.97. The fraction of sp³-hybridized carbons (Fsp3) is 0.273. The Balaban J connectivity index is 2.70. The van der Waals surface area contributed by atoms with Gasteiger partial charge in [-0.3, -0.25) is 4.40 Å². The standard InChI is InChI=1S/C11H12ClN3O2/c1-17-11(16)10-7-3-2-4-8(12)15(7)9(14-10)5-6-13/h2-4H,5-6,13H2,1H3. The highest BCUT2D eigenvalue weighted by Gasteiger charge is 2.18. The molecule has 2 aromatic heterocycles. The van der Waals surface area contributed by atoms with E-state index in [1.54, 1.807) is 22.6 Å². The first-order valence-electron chi connectivity index (χ1n) is 5.13. The first kappa shape index (κ1) is 11.9. The molecule has 0 atom stereocenters. The number of imidazole rings is 1. The number of hydrogen-bond donors (Lipinski definition) is 1. The highest BCUT2D eigenvalue weighted by Crippen LogP contribution is 2.20. The van der Waals surface area contributed by atoms with Gasteiger partial charge in [0.05, 0.1) is 12.6 Å². The van der Waals surface area contributed by atoms with Gasteiger partial charge in [-0.25, -0.2) is 9.78 Å². The lowest BCUT2D eigenvalue weighted by Gasteiger charge is -2.01. The second-order valence-electron chi connectivity index (χ2n) is 3.48. The Kier molecular flexibility index (Phi) is 3.31. The molecule has 90 valence electrons. The van der Waals surface area contributed by atoms with Crippen LogP contribution in [0.4, 0.5) is 0 Å². The summed E-state index contributed by atoms with van der Waals surface area (Å²) in [5.41, 5.74) is 6.40. The predicted octanol–water partition coefficient (Wildman–Crippen LogP) is 1.28. The van der Waals surface area contributed by atoms with E-state index in [1.165, 1.54) is 7.11 Å². The zero-order valence-corrected chi connectivity index (χ0v) is 10.1. The van der Waals surface area contributed by atoms with Crippen LogP contribution in [0, 0.1) is 0 Å². The molecule has 0 amide bonds. The zero-order valence-electron chi connectivity index (χ0n) is 9.31. The van der Waals surface area contributed by atoms with Crippen molar-refractivity contribution in [2.24, 2.45) is 5.73 Å². The molecule has 0 aromatic carbocycles. The van der Waals surface area contributed by atoms with Gasteiger partial charge in [-0.1, -0.05) is 17.7 Å². The van der Waals surface area contributed by atoms with Gasteiger partial charge in [0.15, 0.2) is 5.69 Å². The predicted molar refractivity (Wildman–Crippen MR) is 64.3 cm³/mol. The smallest absolute Gasteiger partial charge is 0.358 e. The summed E-state index contributed by atoms with van der Waals surface area (Å²) in [4.78, 5) is 15.8. The number of esters is 1. The molecule has 6 heteroatoms. The van der Waals surface area contributed by atoms with Crippen LogP contribution in [-0.4, -0.2) is 29.0 Å². The minimum absolute atomic E-state index is 0.262. The first-order valence-corrected chi connectivity index (χ1v) is 5.51. The molecule has 2 rings (SSSR count). The van der Waals surface area contributed by atoms with Crippen LogP contribution in [0.15, 0.2) is 18.2 Å². The van der Waals surface area contributed by atoms with Gasteiger partial charge in [0, 0.05) is 6.42 Å². The number of carbonyl (C=O) groups excluding carboxylic acids is 1. The molecular formula is C11H12ClN3O2. The van der Waals surface area contributed by atoms with Gasteiger partial charge in [0.2, 0.25) is 0 Å². The zero-order chi connectivity index (χ0) is 12.4. The minimum Gasteiger partial charge on any atom is -0.464 e. The lowest BCUT2D eigenvalue weighted by atomic mass is 10.3. The van der Waals surface area contributed by atoms with Crippen LogP contribution in [-0.2, 0) is 11.2 Å². The number of hydrogen-bond acceptors (Lipinski definition) is 4. The number of pyridine rings is 1. The van der Waals surface area contributed by atoms with Crippen molar-refractivity contribution in [3.8, 4) is 0 Å². The van der Waals surface area contributed by atoms with Crippen molar-refractivity contribution in [1.82, 2.24) is 9.38 Å². The van der Waals surface area contributed by atoms with Crippen molar-refractivity contribution in [1.29, 1.82) is 0 Å². The molecule has 0 saturated carbocycles. The molecule has 5 nitrogen and oxygen atoms in total. The molecule has 2 aromatic rings. The maximum absolute atomic E-state index is 11.6. The number of aromatic nitrogens is 2. The van der Waals surface area contributed by atoms with E-state index >= 15 is 0 Å². The van der Waals surface area contributed by atoms with E-state index in [0.717, 1.165) is 0 Å². The molecule has 0 radical (unpaired) electrons. The van der Waals surface area contributed by atoms with Crippen LogP contribution in [0.2, 0.25) is 5.15 Å². The number of nitrogens with zero attached hydrogens (tertiary/aromatic N) is 2. The fourth-order valence-electron chi connectivity index (χ4n) is 1.71. The van der Waals surface area contributed by atoms with Crippen LogP contribution in [0.25, 0.3) is 5.52 Å². The molecule has 0 unspecified atom stereocenters. The summed E-state index contributed by atoms with van der Waals surface area (Å²) in [6, 6.07) is 5.26. The molecule has 0 aliphatic carbocycles. The van der Waals surface area contributed by atoms with E-state index in [4.69, 9.17) is 17.3 Å². The minimum atomic E-state index is -0.479. The average Bonchev–Trinajstić information content (AvgIpc) is 2.69. The molecular weight excluding hydrogens is 242 g/mol. The van der Waals surface area contributed by atoms with E-state index in [9.17, 15) is 4.79 Å². The second-order valence-corrected chi connectivity index (χ2v) is 3.86. The Hall–Kier alpha value is -1.59. The molecule has 0 fully saturated rings. The number of ether oxygens (including phenoxy) is 1. The Bertz CT molecular complexity index is 565. The monoisotopic (exact) mass is 253 g/mol. The van der Waals surface area contributed by atoms with E-state index in [-0.39, 0.29) is 5.69 Å². The Labute approximate surface area is 103 Å². The normalized spacial score (nSPS) is 10.8. The molecule has 0 bridgehead atoms. The van der Waals surface area contributed by atoms with Crippen LogP contribution in [0.5, 0.6) is 0 Å². The molecule has 17 heavy (non-hydrogen) atoms. The van der Waals surface area contributed by atoms with Crippen molar-refractivity contribution in [2.45, 2.75) is 6.42 Å². The summed E-state index contributed by atoms with van der Waals surface area (Å²) < 4.78 is 6.40. The number of nitrogens with two attached hydrogens (primary N) is 1. The van der Waals surface area contributed by atoms with Crippen molar-refractivity contribution >= 4 is 23.1 Å². The van der Waals surface area contributed by atoms with Gasteiger partial charge in [0.1, 0.15) is 11.0 Å².